The molecular formula is C25H25N3O8. The summed E-state index contributed by atoms with van der Waals surface area (Å²) in [5, 5.41) is 33.9. The fraction of sp³-hybridized carbons (Fsp3) is 0.160. The van der Waals surface area contributed by atoms with Gasteiger partial charge in [-0.3, -0.25) is 19.7 Å². The molecule has 0 aliphatic carbocycles. The van der Waals surface area contributed by atoms with Crippen LogP contribution in [0.2, 0.25) is 0 Å². The summed E-state index contributed by atoms with van der Waals surface area (Å²) in [5.74, 6) is -0.997. The van der Waals surface area contributed by atoms with Crippen molar-refractivity contribution in [3.05, 3.63) is 87.5 Å². The molecule has 0 aliphatic rings. The lowest BCUT2D eigenvalue weighted by atomic mass is 10.1. The van der Waals surface area contributed by atoms with Crippen LogP contribution in [0.25, 0.3) is 0 Å². The Hall–Kier alpha value is -4.93. The van der Waals surface area contributed by atoms with E-state index in [9.17, 15) is 29.6 Å². The number of benzene rings is 3. The van der Waals surface area contributed by atoms with E-state index in [1.165, 1.54) is 48.5 Å². The van der Waals surface area contributed by atoms with Crippen molar-refractivity contribution >= 4 is 35.3 Å². The number of hydrogen-bond acceptors (Lipinski definition) is 7. The van der Waals surface area contributed by atoms with Gasteiger partial charge in [0.1, 0.15) is 11.5 Å². The van der Waals surface area contributed by atoms with Crippen molar-refractivity contribution in [2.75, 3.05) is 10.6 Å². The Bertz CT molecular complexity index is 1260. The summed E-state index contributed by atoms with van der Waals surface area (Å²) in [6, 6.07) is 14.4. The molecule has 0 unspecified atom stereocenters. The fourth-order valence-corrected chi connectivity index (χ4v) is 2.81. The molecule has 0 radical (unpaired) electrons. The van der Waals surface area contributed by atoms with Gasteiger partial charge in [0, 0.05) is 29.4 Å². The maximum absolute atomic E-state index is 11.9. The highest BCUT2D eigenvalue weighted by Gasteiger charge is 2.11. The first-order chi connectivity index (χ1) is 17.0. The second-order valence-corrected chi connectivity index (χ2v) is 7.70. The van der Waals surface area contributed by atoms with E-state index in [-0.39, 0.29) is 23.1 Å². The second-order valence-electron chi connectivity index (χ2n) is 7.70. The minimum Gasteiger partial charge on any atom is -0.508 e. The van der Waals surface area contributed by atoms with Gasteiger partial charge < -0.3 is 25.6 Å². The number of ether oxygens (including phenoxy) is 1. The molecule has 4 N–H and O–H groups in total. The normalized spacial score (nSPS) is 10.0. The van der Waals surface area contributed by atoms with E-state index in [0.717, 1.165) is 0 Å². The van der Waals surface area contributed by atoms with Gasteiger partial charge in [0.15, 0.2) is 0 Å². The first-order valence-corrected chi connectivity index (χ1v) is 10.6. The van der Waals surface area contributed by atoms with Crippen LogP contribution in [-0.2, 0) is 4.79 Å². The number of aryl methyl sites for hydroxylation is 1. The molecule has 11 nitrogen and oxygen atoms in total. The highest BCUT2D eigenvalue weighted by atomic mass is 16.6. The van der Waals surface area contributed by atoms with Crippen LogP contribution in [0, 0.1) is 17.0 Å². The van der Waals surface area contributed by atoms with E-state index in [4.69, 9.17) is 9.84 Å². The molecule has 0 spiro atoms. The number of carboxylic acids is 1. The zero-order chi connectivity index (χ0) is 26.8. The number of rotatable bonds is 8. The van der Waals surface area contributed by atoms with Gasteiger partial charge in [-0.15, -0.1) is 0 Å². The van der Waals surface area contributed by atoms with Gasteiger partial charge >= 0.3 is 5.97 Å². The Kier molecular flexibility index (Phi) is 9.49. The highest BCUT2D eigenvalue weighted by molar-refractivity contribution is 6.04. The molecule has 0 fully saturated rings. The number of nitro groups is 1. The number of non-ortho nitro benzene ring substituents is 1. The second kappa shape index (κ2) is 12.5. The van der Waals surface area contributed by atoms with Crippen LogP contribution in [0.1, 0.15) is 40.1 Å². The zero-order valence-electron chi connectivity index (χ0n) is 19.7. The van der Waals surface area contributed by atoms with Gasteiger partial charge in [0.2, 0.25) is 6.41 Å². The Morgan fingerprint density at radius 1 is 1.03 bits per heavy atom. The molecule has 0 bridgehead atoms. The van der Waals surface area contributed by atoms with Crippen LogP contribution >= 0.6 is 0 Å². The van der Waals surface area contributed by atoms with Crippen LogP contribution in [0.15, 0.2) is 60.7 Å². The number of phenols is 1. The molecule has 188 valence electrons. The van der Waals surface area contributed by atoms with Crippen molar-refractivity contribution in [2.45, 2.75) is 26.9 Å². The molecule has 11 heteroatoms. The van der Waals surface area contributed by atoms with Gasteiger partial charge in [-0.25, -0.2) is 4.79 Å². The van der Waals surface area contributed by atoms with Crippen LogP contribution in [0.3, 0.4) is 0 Å². The quantitative estimate of drug-likeness (QED) is 0.200. The predicted octanol–water partition coefficient (Wildman–Crippen LogP) is 4.60. The van der Waals surface area contributed by atoms with Crippen LogP contribution in [0.4, 0.5) is 17.1 Å². The lowest BCUT2D eigenvalue weighted by Gasteiger charge is -2.14. The number of amides is 2. The molecule has 0 saturated heterocycles. The molecule has 3 rings (SSSR count). The summed E-state index contributed by atoms with van der Waals surface area (Å²) < 4.78 is 5.40. The molecule has 0 saturated carbocycles. The van der Waals surface area contributed by atoms with Crippen molar-refractivity contribution in [1.29, 1.82) is 0 Å². The van der Waals surface area contributed by atoms with Crippen molar-refractivity contribution in [2.24, 2.45) is 0 Å². The fourth-order valence-electron chi connectivity index (χ4n) is 2.81. The SMILES string of the molecule is CC(C)Oc1cc(C(=O)O)ccc1NC=O.Cc1ccc(NC(=O)c2ccc([N+](=O)[O-])cc2)cc1O. The number of nitro benzene ring substituents is 1. The Labute approximate surface area is 206 Å². The summed E-state index contributed by atoms with van der Waals surface area (Å²) in [6.45, 7) is 5.38. The van der Waals surface area contributed by atoms with E-state index in [1.54, 1.807) is 19.1 Å². The third-order valence-corrected chi connectivity index (χ3v) is 4.61. The number of anilines is 2. The van der Waals surface area contributed by atoms with Crippen molar-refractivity contribution in [3.63, 3.8) is 0 Å². The number of carbonyl (C=O) groups is 3. The first kappa shape index (κ1) is 27.3. The Morgan fingerprint density at radius 2 is 1.67 bits per heavy atom. The molecule has 36 heavy (non-hydrogen) atoms. The molecule has 3 aromatic rings. The maximum Gasteiger partial charge on any atom is 0.335 e. The van der Waals surface area contributed by atoms with Gasteiger partial charge in [-0.2, -0.15) is 0 Å². The van der Waals surface area contributed by atoms with Crippen LogP contribution in [0.5, 0.6) is 11.5 Å². The molecule has 3 aromatic carbocycles. The van der Waals surface area contributed by atoms with Crippen molar-refractivity contribution in [1.82, 2.24) is 0 Å². The lowest BCUT2D eigenvalue weighted by molar-refractivity contribution is -0.384. The van der Waals surface area contributed by atoms with Gasteiger partial charge in [0.05, 0.1) is 22.3 Å². The predicted molar refractivity (Wildman–Crippen MR) is 133 cm³/mol. The van der Waals surface area contributed by atoms with Gasteiger partial charge in [-0.1, -0.05) is 6.07 Å². The number of phenolic OH excluding ortho intramolecular Hbond substituents is 1. The van der Waals surface area contributed by atoms with Crippen LogP contribution in [-0.4, -0.2) is 39.5 Å². The van der Waals surface area contributed by atoms with Crippen molar-refractivity contribution in [3.8, 4) is 11.5 Å². The minimum atomic E-state index is -1.04. The van der Waals surface area contributed by atoms with E-state index < -0.39 is 16.8 Å². The number of aromatic carboxylic acids is 1. The Morgan fingerprint density at radius 3 is 2.19 bits per heavy atom. The lowest BCUT2D eigenvalue weighted by Crippen LogP contribution is -2.11. The topological polar surface area (TPSA) is 168 Å². The summed E-state index contributed by atoms with van der Waals surface area (Å²) in [7, 11) is 0. The van der Waals surface area contributed by atoms with E-state index >= 15 is 0 Å². The summed E-state index contributed by atoms with van der Waals surface area (Å²) in [5.41, 5.74) is 1.96. The molecule has 0 heterocycles. The number of hydrogen-bond donors (Lipinski definition) is 4. The number of nitrogens with one attached hydrogen (secondary N) is 2. The van der Waals surface area contributed by atoms with Crippen LogP contribution < -0.4 is 15.4 Å². The van der Waals surface area contributed by atoms with Crippen molar-refractivity contribution < 1.29 is 34.3 Å². The number of aromatic hydroxyl groups is 1. The minimum absolute atomic E-state index is 0.0745. The Balaban J connectivity index is 0.000000261. The van der Waals surface area contributed by atoms with Gasteiger partial charge in [0.25, 0.3) is 11.6 Å². The maximum atomic E-state index is 11.9. The first-order valence-electron chi connectivity index (χ1n) is 10.6. The monoisotopic (exact) mass is 495 g/mol. The van der Waals surface area contributed by atoms with E-state index in [2.05, 4.69) is 10.6 Å². The summed E-state index contributed by atoms with van der Waals surface area (Å²) in [4.78, 5) is 43.0. The third-order valence-electron chi connectivity index (χ3n) is 4.61. The molecule has 0 aliphatic heterocycles. The zero-order valence-corrected chi connectivity index (χ0v) is 19.7. The largest absolute Gasteiger partial charge is 0.508 e. The highest BCUT2D eigenvalue weighted by Crippen LogP contribution is 2.26. The van der Waals surface area contributed by atoms with Gasteiger partial charge in [-0.05, 0) is 62.7 Å². The number of carbonyl (C=O) groups excluding carboxylic acids is 2. The average Bonchev–Trinajstić information content (AvgIpc) is 2.82. The van der Waals surface area contributed by atoms with E-state index in [1.807, 2.05) is 13.8 Å². The smallest absolute Gasteiger partial charge is 0.335 e. The number of nitrogens with zero attached hydrogens (tertiary/aromatic N) is 1. The van der Waals surface area contributed by atoms with E-state index in [0.29, 0.717) is 34.7 Å². The molecular weight excluding hydrogens is 470 g/mol. The molecule has 2 amide bonds. The molecule has 0 atom stereocenters. The average molecular weight is 495 g/mol. The summed E-state index contributed by atoms with van der Waals surface area (Å²) >= 11 is 0. The third kappa shape index (κ3) is 7.83. The number of carboxylic acid groups (broad SMARTS) is 1. The summed E-state index contributed by atoms with van der Waals surface area (Å²) in [6.07, 6.45) is 0.416. The molecule has 0 aromatic heterocycles. The standard InChI is InChI=1S/C14H12N2O4.C11H13NO4/c1-9-2-5-11(8-13(9)17)15-14(18)10-3-6-12(7-4-10)16(19)20;1-7(2)16-10-5-8(11(14)15)3-4-9(10)12-6-13/h2-8,17H,1H3,(H,15,18);3-7H,1-2H3,(H,12,13)(H,14,15).